The number of nitrogens with two attached hydrogens (primary N) is 1. The van der Waals surface area contributed by atoms with Crippen LogP contribution in [0.15, 0.2) is 38.4 Å². The fourth-order valence-corrected chi connectivity index (χ4v) is 5.99. The number of aromatic nitrogens is 3. The van der Waals surface area contributed by atoms with Gasteiger partial charge in [0.25, 0.3) is 5.56 Å². The van der Waals surface area contributed by atoms with Crippen LogP contribution in [0.25, 0.3) is 16.6 Å². The molecule has 0 bridgehead atoms. The van der Waals surface area contributed by atoms with E-state index in [0.29, 0.717) is 0 Å². The van der Waals surface area contributed by atoms with Crippen molar-refractivity contribution < 1.29 is 8.42 Å². The van der Waals surface area contributed by atoms with Gasteiger partial charge in [-0.25, -0.2) is 8.42 Å². The summed E-state index contributed by atoms with van der Waals surface area (Å²) in [5.74, 6) is -0.0461. The number of fused-ring (bicyclic) bond motifs is 2. The third-order valence-corrected chi connectivity index (χ3v) is 7.89. The quantitative estimate of drug-likeness (QED) is 0.681. The number of hydrogen-bond donors (Lipinski definition) is 1. The molecule has 2 N–H and O–H groups in total. The number of hydrogen-bond acceptors (Lipinski definition) is 8. The Morgan fingerprint density at radius 3 is 2.72 bits per heavy atom. The molecule has 3 aromatic rings. The van der Waals surface area contributed by atoms with Crippen molar-refractivity contribution in [3.05, 3.63) is 45.7 Å². The summed E-state index contributed by atoms with van der Waals surface area (Å²) in [7, 11) is -3.58. The molecule has 0 radical (unpaired) electrons. The SMILES string of the molecule is CC1=Nc2ccccc2/C1=C\c1c(N)n2nc(S(=O)(=O)CC(C)C)sc2nc1=O. The van der Waals surface area contributed by atoms with Gasteiger partial charge in [0, 0.05) is 16.8 Å². The Kier molecular flexibility index (Phi) is 4.62. The smallest absolute Gasteiger partial charge is 0.283 e. The molecule has 0 aliphatic carbocycles. The molecule has 8 nitrogen and oxygen atoms in total. The highest BCUT2D eigenvalue weighted by molar-refractivity contribution is 7.93. The van der Waals surface area contributed by atoms with Crippen molar-refractivity contribution in [2.75, 3.05) is 11.5 Å². The minimum absolute atomic E-state index is 0.0408. The van der Waals surface area contributed by atoms with Gasteiger partial charge in [-0.1, -0.05) is 43.4 Å². The molecule has 29 heavy (non-hydrogen) atoms. The number of nitrogens with zero attached hydrogens (tertiary/aromatic N) is 4. The summed E-state index contributed by atoms with van der Waals surface area (Å²) in [6.45, 7) is 5.48. The van der Waals surface area contributed by atoms with E-state index in [1.165, 1.54) is 4.52 Å². The first-order valence-electron chi connectivity index (χ1n) is 8.96. The first-order chi connectivity index (χ1) is 13.7. The van der Waals surface area contributed by atoms with Crippen LogP contribution in [-0.4, -0.2) is 34.5 Å². The third-order valence-electron chi connectivity index (χ3n) is 4.45. The van der Waals surface area contributed by atoms with Gasteiger partial charge >= 0.3 is 0 Å². The lowest BCUT2D eigenvalue weighted by atomic mass is 10.0. The molecule has 1 aliphatic heterocycles. The fourth-order valence-electron chi connectivity index (χ4n) is 3.20. The summed E-state index contributed by atoms with van der Waals surface area (Å²) in [6.07, 6.45) is 1.64. The predicted molar refractivity (Wildman–Crippen MR) is 116 cm³/mol. The molecular formula is C19H19N5O3S2. The molecule has 0 spiro atoms. The van der Waals surface area contributed by atoms with Gasteiger partial charge in [0.1, 0.15) is 5.82 Å². The minimum Gasteiger partial charge on any atom is -0.383 e. The number of aliphatic imine (C=N–C) groups is 1. The van der Waals surface area contributed by atoms with Crippen LogP contribution in [0.5, 0.6) is 0 Å². The van der Waals surface area contributed by atoms with Crippen LogP contribution >= 0.6 is 11.3 Å². The zero-order chi connectivity index (χ0) is 20.9. The van der Waals surface area contributed by atoms with Crippen molar-refractivity contribution in [3.8, 4) is 0 Å². The van der Waals surface area contributed by atoms with Crippen LogP contribution in [0, 0.1) is 5.92 Å². The molecule has 4 rings (SSSR count). The van der Waals surface area contributed by atoms with E-state index in [0.717, 1.165) is 33.9 Å². The van der Waals surface area contributed by atoms with E-state index >= 15 is 0 Å². The largest absolute Gasteiger partial charge is 0.383 e. The summed E-state index contributed by atoms with van der Waals surface area (Å²) in [5.41, 5.74) is 9.07. The average Bonchev–Trinajstić information content (AvgIpc) is 3.19. The van der Waals surface area contributed by atoms with E-state index in [4.69, 9.17) is 5.73 Å². The van der Waals surface area contributed by atoms with Crippen LogP contribution in [0.1, 0.15) is 31.9 Å². The Balaban J connectivity index is 1.88. The molecule has 0 unspecified atom stereocenters. The van der Waals surface area contributed by atoms with Gasteiger partial charge in [-0.3, -0.25) is 9.79 Å². The average molecular weight is 430 g/mol. The molecule has 0 amide bonds. The molecule has 1 aliphatic rings. The molecule has 3 heterocycles. The second-order valence-corrected chi connectivity index (χ2v) is 10.4. The summed E-state index contributed by atoms with van der Waals surface area (Å²) >= 11 is 0.843. The van der Waals surface area contributed by atoms with Gasteiger partial charge in [-0.05, 0) is 25.0 Å². The van der Waals surface area contributed by atoms with Crippen LogP contribution in [0.2, 0.25) is 0 Å². The number of allylic oxidation sites excluding steroid dienone is 1. The molecule has 0 fully saturated rings. The zero-order valence-electron chi connectivity index (χ0n) is 16.1. The van der Waals surface area contributed by atoms with Crippen molar-refractivity contribution in [2.45, 2.75) is 25.1 Å². The lowest BCUT2D eigenvalue weighted by molar-refractivity contribution is 0.579. The summed E-state index contributed by atoms with van der Waals surface area (Å²) in [4.78, 5) is 21.3. The van der Waals surface area contributed by atoms with Gasteiger partial charge in [0.05, 0.1) is 17.0 Å². The van der Waals surface area contributed by atoms with E-state index in [1.54, 1.807) is 6.08 Å². The second-order valence-electron chi connectivity index (χ2n) is 7.23. The number of para-hydroxylation sites is 1. The van der Waals surface area contributed by atoms with E-state index in [-0.39, 0.29) is 32.4 Å². The molecule has 0 saturated carbocycles. The molecule has 0 saturated heterocycles. The van der Waals surface area contributed by atoms with Crippen molar-refractivity contribution in [3.63, 3.8) is 0 Å². The molecule has 10 heteroatoms. The Labute approximate surface area is 171 Å². The first kappa shape index (κ1) is 19.5. The monoisotopic (exact) mass is 429 g/mol. The van der Waals surface area contributed by atoms with Crippen LogP contribution in [-0.2, 0) is 9.84 Å². The van der Waals surface area contributed by atoms with Gasteiger partial charge < -0.3 is 5.73 Å². The van der Waals surface area contributed by atoms with E-state index in [2.05, 4.69) is 15.1 Å². The Morgan fingerprint density at radius 2 is 2.00 bits per heavy atom. The topological polar surface area (TPSA) is 120 Å². The van der Waals surface area contributed by atoms with Crippen LogP contribution in [0.3, 0.4) is 0 Å². The fraction of sp³-hybridized carbons (Fsp3) is 0.263. The lowest BCUT2D eigenvalue weighted by Gasteiger charge is -2.05. The number of anilines is 1. The van der Waals surface area contributed by atoms with Gasteiger partial charge in [0.15, 0.2) is 0 Å². The number of sulfone groups is 1. The highest BCUT2D eigenvalue weighted by Gasteiger charge is 2.24. The third kappa shape index (κ3) is 3.38. The van der Waals surface area contributed by atoms with Crippen LogP contribution < -0.4 is 11.3 Å². The standard InChI is InChI=1S/C19H19N5O3S2/c1-10(2)9-29(26,27)19-23-24-16(20)14(17(25)22-18(24)28-19)8-13-11(3)21-15-7-5-4-6-12(13)15/h4-8,10H,9,20H2,1-3H3/b13-8-. The van der Waals surface area contributed by atoms with Gasteiger partial charge in [-0.15, -0.1) is 5.10 Å². The molecule has 150 valence electrons. The van der Waals surface area contributed by atoms with E-state index < -0.39 is 15.4 Å². The van der Waals surface area contributed by atoms with E-state index in [9.17, 15) is 13.2 Å². The zero-order valence-corrected chi connectivity index (χ0v) is 17.7. The summed E-state index contributed by atoms with van der Waals surface area (Å²) < 4.78 is 26.1. The van der Waals surface area contributed by atoms with Gasteiger partial charge in [0.2, 0.25) is 19.1 Å². The molecule has 1 aromatic carbocycles. The Bertz CT molecular complexity index is 1360. The van der Waals surface area contributed by atoms with Crippen molar-refractivity contribution >= 4 is 55.0 Å². The highest BCUT2D eigenvalue weighted by atomic mass is 32.2. The summed E-state index contributed by atoms with van der Waals surface area (Å²) in [6, 6.07) is 7.60. The normalized spacial score (nSPS) is 15.3. The second kappa shape index (κ2) is 6.89. The lowest BCUT2D eigenvalue weighted by Crippen LogP contribution is -2.17. The molecular weight excluding hydrogens is 410 g/mol. The maximum absolute atomic E-state index is 12.6. The predicted octanol–water partition coefficient (Wildman–Crippen LogP) is 2.81. The number of benzene rings is 1. The van der Waals surface area contributed by atoms with Crippen molar-refractivity contribution in [1.29, 1.82) is 0 Å². The highest BCUT2D eigenvalue weighted by Crippen LogP contribution is 2.35. The van der Waals surface area contributed by atoms with Crippen molar-refractivity contribution in [1.82, 2.24) is 14.6 Å². The van der Waals surface area contributed by atoms with Crippen molar-refractivity contribution in [2.24, 2.45) is 10.9 Å². The van der Waals surface area contributed by atoms with Crippen LogP contribution in [0.4, 0.5) is 11.5 Å². The maximum Gasteiger partial charge on any atom is 0.283 e. The molecule has 0 atom stereocenters. The summed E-state index contributed by atoms with van der Waals surface area (Å²) in [5, 5.41) is 4.14. The Morgan fingerprint density at radius 1 is 1.28 bits per heavy atom. The number of nitrogen functional groups attached to an aromatic ring is 1. The van der Waals surface area contributed by atoms with E-state index in [1.807, 2.05) is 45.0 Å². The number of rotatable bonds is 4. The minimum atomic E-state index is -3.58. The maximum atomic E-state index is 12.6. The van der Waals surface area contributed by atoms with Gasteiger partial charge in [-0.2, -0.15) is 9.50 Å². The first-order valence-corrected chi connectivity index (χ1v) is 11.4. The molecule has 2 aromatic heterocycles. The Hall–Kier alpha value is -2.85.